The average Bonchev–Trinajstić information content (AvgIpc) is 3.22. The molecule has 146 valence electrons. The van der Waals surface area contributed by atoms with Crippen molar-refractivity contribution in [1.29, 1.82) is 0 Å². The predicted molar refractivity (Wildman–Crippen MR) is 101 cm³/mol. The molecular weight excluding hydrogens is 371 g/mol. The number of nitrogens with one attached hydrogen (secondary N) is 2. The third-order valence-corrected chi connectivity index (χ3v) is 5.30. The van der Waals surface area contributed by atoms with E-state index in [0.29, 0.717) is 47.8 Å². The lowest BCUT2D eigenvalue weighted by molar-refractivity contribution is -0.122. The van der Waals surface area contributed by atoms with Crippen LogP contribution in [-0.4, -0.2) is 34.2 Å². The first-order chi connectivity index (χ1) is 12.6. The van der Waals surface area contributed by atoms with Gasteiger partial charge in [-0.2, -0.15) is 4.98 Å². The van der Waals surface area contributed by atoms with Crippen molar-refractivity contribution >= 4 is 18.3 Å². The summed E-state index contributed by atoms with van der Waals surface area (Å²) in [6, 6.07) is 6.18. The van der Waals surface area contributed by atoms with Gasteiger partial charge in [0.25, 0.3) is 0 Å². The average molecular weight is 395 g/mol. The SMILES string of the molecule is Cc1ccc(-c2noc(CCC(=O)NC3CC4CCC(C3)N4)n2)cc1F.Cl. The van der Waals surface area contributed by atoms with Crippen LogP contribution in [0.25, 0.3) is 11.4 Å². The van der Waals surface area contributed by atoms with Crippen LogP contribution >= 0.6 is 12.4 Å². The van der Waals surface area contributed by atoms with E-state index < -0.39 is 0 Å². The van der Waals surface area contributed by atoms with E-state index >= 15 is 0 Å². The summed E-state index contributed by atoms with van der Waals surface area (Å²) in [6.07, 6.45) is 5.12. The van der Waals surface area contributed by atoms with Gasteiger partial charge in [0.2, 0.25) is 17.6 Å². The van der Waals surface area contributed by atoms with E-state index in [-0.39, 0.29) is 30.2 Å². The van der Waals surface area contributed by atoms with Gasteiger partial charge in [0, 0.05) is 36.5 Å². The second kappa shape index (κ2) is 8.35. The van der Waals surface area contributed by atoms with Crippen molar-refractivity contribution < 1.29 is 13.7 Å². The van der Waals surface area contributed by atoms with Crippen LogP contribution in [0.15, 0.2) is 22.7 Å². The number of carbonyl (C=O) groups is 1. The maximum absolute atomic E-state index is 13.7. The van der Waals surface area contributed by atoms with Gasteiger partial charge in [-0.25, -0.2) is 4.39 Å². The number of aryl methyl sites for hydroxylation is 2. The summed E-state index contributed by atoms with van der Waals surface area (Å²) in [4.78, 5) is 16.5. The highest BCUT2D eigenvalue weighted by Crippen LogP contribution is 2.26. The van der Waals surface area contributed by atoms with Gasteiger partial charge < -0.3 is 15.2 Å². The lowest BCUT2D eigenvalue weighted by atomic mass is 9.99. The molecule has 2 saturated heterocycles. The first kappa shape index (κ1) is 19.8. The molecule has 2 aromatic rings. The molecule has 2 N–H and O–H groups in total. The van der Waals surface area contributed by atoms with Crippen LogP contribution in [-0.2, 0) is 11.2 Å². The second-order valence-corrected chi connectivity index (χ2v) is 7.35. The number of benzene rings is 1. The third kappa shape index (κ3) is 4.65. The smallest absolute Gasteiger partial charge is 0.227 e. The van der Waals surface area contributed by atoms with Crippen molar-refractivity contribution in [1.82, 2.24) is 20.8 Å². The molecule has 2 atom stereocenters. The van der Waals surface area contributed by atoms with Gasteiger partial charge in [-0.05, 0) is 44.2 Å². The number of aromatic nitrogens is 2. The molecule has 2 aliphatic heterocycles. The largest absolute Gasteiger partial charge is 0.353 e. The molecule has 1 aromatic carbocycles. The maximum atomic E-state index is 13.7. The van der Waals surface area contributed by atoms with Crippen molar-refractivity contribution in [2.75, 3.05) is 0 Å². The molecule has 27 heavy (non-hydrogen) atoms. The molecule has 2 fully saturated rings. The lowest BCUT2D eigenvalue weighted by Crippen LogP contribution is -2.48. The number of hydrogen-bond acceptors (Lipinski definition) is 5. The molecule has 6 nitrogen and oxygen atoms in total. The molecule has 0 aliphatic carbocycles. The van der Waals surface area contributed by atoms with Crippen LogP contribution in [0.5, 0.6) is 0 Å². The van der Waals surface area contributed by atoms with Crippen LogP contribution < -0.4 is 10.6 Å². The molecule has 2 aliphatic rings. The Morgan fingerprint density at radius 1 is 1.33 bits per heavy atom. The van der Waals surface area contributed by atoms with Gasteiger partial charge in [0.1, 0.15) is 5.82 Å². The fourth-order valence-corrected chi connectivity index (χ4v) is 3.90. The molecular formula is C19H24ClFN4O2. The number of rotatable bonds is 5. The standard InChI is InChI=1S/C19H23FN4O2.ClH/c1-11-2-3-12(8-16(11)20)19-23-18(26-24-19)7-6-17(25)22-15-9-13-4-5-14(10-15)21-13;/h2-3,8,13-15,21H,4-7,9-10H2,1H3,(H,22,25);1H. The Labute approximate surface area is 163 Å². The molecule has 0 spiro atoms. The minimum atomic E-state index is -0.302. The number of fused-ring (bicyclic) bond motifs is 2. The fourth-order valence-electron chi connectivity index (χ4n) is 3.90. The number of halogens is 2. The molecule has 1 aromatic heterocycles. The lowest BCUT2D eigenvalue weighted by Gasteiger charge is -2.29. The van der Waals surface area contributed by atoms with E-state index in [1.165, 1.54) is 18.9 Å². The Kier molecular flexibility index (Phi) is 6.11. The van der Waals surface area contributed by atoms with Gasteiger partial charge in [0.15, 0.2) is 0 Å². The second-order valence-electron chi connectivity index (χ2n) is 7.35. The summed E-state index contributed by atoms with van der Waals surface area (Å²) in [5.74, 6) is 0.442. The fraction of sp³-hybridized carbons (Fsp3) is 0.526. The van der Waals surface area contributed by atoms with E-state index in [4.69, 9.17) is 4.52 Å². The number of hydrogen-bond donors (Lipinski definition) is 2. The number of amides is 1. The molecule has 8 heteroatoms. The number of nitrogens with zero attached hydrogens (tertiary/aromatic N) is 2. The normalized spacial score (nSPS) is 23.7. The minimum absolute atomic E-state index is 0. The Hall–Kier alpha value is -1.99. The highest BCUT2D eigenvalue weighted by Gasteiger charge is 2.33. The zero-order chi connectivity index (χ0) is 18.1. The van der Waals surface area contributed by atoms with Gasteiger partial charge >= 0.3 is 0 Å². The molecule has 2 bridgehead atoms. The highest BCUT2D eigenvalue weighted by atomic mass is 35.5. The Morgan fingerprint density at radius 2 is 2.07 bits per heavy atom. The summed E-state index contributed by atoms with van der Waals surface area (Å²) in [5, 5.41) is 10.6. The predicted octanol–water partition coefficient (Wildman–Crippen LogP) is 2.94. The molecule has 0 saturated carbocycles. The Bertz CT molecular complexity index is 801. The zero-order valence-corrected chi connectivity index (χ0v) is 16.0. The molecule has 2 unspecified atom stereocenters. The molecule has 3 heterocycles. The summed E-state index contributed by atoms with van der Waals surface area (Å²) in [7, 11) is 0. The summed E-state index contributed by atoms with van der Waals surface area (Å²) in [5.41, 5.74) is 1.14. The minimum Gasteiger partial charge on any atom is -0.353 e. The van der Waals surface area contributed by atoms with Crippen LogP contribution in [0, 0.1) is 12.7 Å². The van der Waals surface area contributed by atoms with Crippen LogP contribution in [0.1, 0.15) is 43.6 Å². The van der Waals surface area contributed by atoms with Crippen molar-refractivity contribution in [2.24, 2.45) is 0 Å². The van der Waals surface area contributed by atoms with Gasteiger partial charge in [-0.15, -0.1) is 12.4 Å². The zero-order valence-electron chi connectivity index (χ0n) is 15.2. The monoisotopic (exact) mass is 394 g/mol. The maximum Gasteiger partial charge on any atom is 0.227 e. The van der Waals surface area contributed by atoms with E-state index in [0.717, 1.165) is 12.8 Å². The Morgan fingerprint density at radius 3 is 2.78 bits per heavy atom. The molecule has 0 radical (unpaired) electrons. The summed E-state index contributed by atoms with van der Waals surface area (Å²) in [6.45, 7) is 1.70. The first-order valence-electron chi connectivity index (χ1n) is 9.21. The third-order valence-electron chi connectivity index (χ3n) is 5.30. The van der Waals surface area contributed by atoms with Crippen molar-refractivity contribution in [3.63, 3.8) is 0 Å². The summed E-state index contributed by atoms with van der Waals surface area (Å²) < 4.78 is 18.9. The van der Waals surface area contributed by atoms with Gasteiger partial charge in [-0.1, -0.05) is 17.3 Å². The topological polar surface area (TPSA) is 80.0 Å². The van der Waals surface area contributed by atoms with Gasteiger partial charge in [0.05, 0.1) is 0 Å². The number of piperidine rings is 1. The van der Waals surface area contributed by atoms with E-state index in [1.54, 1.807) is 19.1 Å². The summed E-state index contributed by atoms with van der Waals surface area (Å²) >= 11 is 0. The number of carbonyl (C=O) groups excluding carboxylic acids is 1. The quantitative estimate of drug-likeness (QED) is 0.815. The molecule has 4 rings (SSSR count). The van der Waals surface area contributed by atoms with Crippen molar-refractivity contribution in [3.05, 3.63) is 35.5 Å². The van der Waals surface area contributed by atoms with Crippen LogP contribution in [0.2, 0.25) is 0 Å². The van der Waals surface area contributed by atoms with E-state index in [2.05, 4.69) is 20.8 Å². The van der Waals surface area contributed by atoms with Crippen molar-refractivity contribution in [3.8, 4) is 11.4 Å². The highest BCUT2D eigenvalue weighted by molar-refractivity contribution is 5.85. The van der Waals surface area contributed by atoms with E-state index in [9.17, 15) is 9.18 Å². The van der Waals surface area contributed by atoms with Crippen LogP contribution in [0.3, 0.4) is 0 Å². The van der Waals surface area contributed by atoms with Crippen molar-refractivity contribution in [2.45, 2.75) is 63.6 Å². The van der Waals surface area contributed by atoms with Crippen LogP contribution in [0.4, 0.5) is 4.39 Å². The first-order valence-corrected chi connectivity index (χ1v) is 9.21. The Balaban J connectivity index is 0.00000210. The molecule has 1 amide bonds. The van der Waals surface area contributed by atoms with Gasteiger partial charge in [-0.3, -0.25) is 4.79 Å². The van der Waals surface area contributed by atoms with E-state index in [1.807, 2.05) is 0 Å².